The highest BCUT2D eigenvalue weighted by Crippen LogP contribution is 2.20. The van der Waals surface area contributed by atoms with Gasteiger partial charge in [-0.3, -0.25) is 9.79 Å². The Labute approximate surface area is 172 Å². The van der Waals surface area contributed by atoms with Crippen molar-refractivity contribution in [3.63, 3.8) is 0 Å². The number of anilines is 1. The third kappa shape index (κ3) is 7.48. The first-order valence-electron chi connectivity index (χ1n) is 8.47. The van der Waals surface area contributed by atoms with Crippen molar-refractivity contribution in [1.29, 1.82) is 0 Å². The number of aliphatic imine (C=N–C) groups is 1. The number of carbonyl (C=O) groups is 1. The molecule has 1 aliphatic heterocycles. The number of carbonyl (C=O) groups excluding carboxylic acids is 1. The zero-order valence-electron chi connectivity index (χ0n) is 15.1. The van der Waals surface area contributed by atoms with Crippen molar-refractivity contribution in [2.24, 2.45) is 4.99 Å². The van der Waals surface area contributed by atoms with Crippen LogP contribution in [0.5, 0.6) is 0 Å². The van der Waals surface area contributed by atoms with Gasteiger partial charge < -0.3 is 15.5 Å². The van der Waals surface area contributed by atoms with E-state index in [-0.39, 0.29) is 41.7 Å². The summed E-state index contributed by atoms with van der Waals surface area (Å²) in [6, 6.07) is 9.56. The normalized spacial score (nSPS) is 17.8. The molecule has 0 aromatic heterocycles. The molecule has 0 saturated carbocycles. The highest BCUT2D eigenvalue weighted by molar-refractivity contribution is 14.0. The Balaban J connectivity index is 0.00000338. The van der Waals surface area contributed by atoms with E-state index in [1.807, 2.05) is 37.3 Å². The van der Waals surface area contributed by atoms with E-state index in [2.05, 4.69) is 15.6 Å². The second-order valence-electron chi connectivity index (χ2n) is 6.13. The molecule has 0 spiro atoms. The van der Waals surface area contributed by atoms with E-state index in [0.29, 0.717) is 38.4 Å². The first-order chi connectivity index (χ1) is 11.9. The maximum atomic E-state index is 12.3. The summed E-state index contributed by atoms with van der Waals surface area (Å²) >= 11 is 0. The average Bonchev–Trinajstić information content (AvgIpc) is 2.92. The molecule has 1 aliphatic rings. The minimum absolute atomic E-state index is 0. The molecule has 7 nitrogen and oxygen atoms in total. The molecule has 1 unspecified atom stereocenters. The molecule has 1 aromatic carbocycles. The van der Waals surface area contributed by atoms with Crippen LogP contribution in [0, 0.1) is 0 Å². The number of guanidine groups is 1. The van der Waals surface area contributed by atoms with Crippen LogP contribution in [0.1, 0.15) is 19.8 Å². The molecule has 1 atom stereocenters. The van der Waals surface area contributed by atoms with Crippen LogP contribution in [0.4, 0.5) is 5.69 Å². The lowest BCUT2D eigenvalue weighted by Crippen LogP contribution is -2.44. The standard InChI is InChI=1S/C17H26N4O3S.HI/c1-3-18-17(19-10-7-11-25(2,23)24)20-14-12-16(22)21(13-14)15-8-5-4-6-9-15;/h4-6,8-9,14H,3,7,10-13H2,1-2H3,(H2,18,19,20);1H. The second kappa shape index (κ2) is 10.7. The molecular formula is C17H27IN4O3S. The lowest BCUT2D eigenvalue weighted by atomic mass is 10.2. The van der Waals surface area contributed by atoms with Gasteiger partial charge in [0.05, 0.1) is 11.8 Å². The van der Waals surface area contributed by atoms with E-state index in [1.165, 1.54) is 6.26 Å². The molecule has 2 N–H and O–H groups in total. The molecule has 1 fully saturated rings. The number of benzene rings is 1. The molecule has 9 heteroatoms. The SMILES string of the molecule is CCNC(=NCCCS(C)(=O)=O)NC1CC(=O)N(c2ccccc2)C1.I. The predicted octanol–water partition coefficient (Wildman–Crippen LogP) is 1.40. The van der Waals surface area contributed by atoms with Gasteiger partial charge in [0.25, 0.3) is 0 Å². The third-order valence-corrected chi connectivity index (χ3v) is 4.85. The molecule has 2 rings (SSSR count). The number of rotatable bonds is 7. The van der Waals surface area contributed by atoms with Crippen molar-refractivity contribution >= 4 is 51.4 Å². The van der Waals surface area contributed by atoms with E-state index in [9.17, 15) is 13.2 Å². The van der Waals surface area contributed by atoms with Gasteiger partial charge in [0.2, 0.25) is 5.91 Å². The van der Waals surface area contributed by atoms with Gasteiger partial charge in [0.1, 0.15) is 9.84 Å². The van der Waals surface area contributed by atoms with E-state index < -0.39 is 9.84 Å². The first kappa shape index (κ1) is 22.7. The maximum Gasteiger partial charge on any atom is 0.229 e. The third-order valence-electron chi connectivity index (χ3n) is 3.82. The molecule has 0 radical (unpaired) electrons. The van der Waals surface area contributed by atoms with Crippen LogP contribution in [0.2, 0.25) is 0 Å². The summed E-state index contributed by atoms with van der Waals surface area (Å²) in [5, 5.41) is 6.41. The average molecular weight is 494 g/mol. The van der Waals surface area contributed by atoms with Crippen LogP contribution in [0.25, 0.3) is 0 Å². The molecule has 1 heterocycles. The van der Waals surface area contributed by atoms with Crippen LogP contribution < -0.4 is 15.5 Å². The number of hydrogen-bond acceptors (Lipinski definition) is 4. The summed E-state index contributed by atoms with van der Waals surface area (Å²) in [5.41, 5.74) is 0.895. The lowest BCUT2D eigenvalue weighted by molar-refractivity contribution is -0.117. The molecule has 26 heavy (non-hydrogen) atoms. The Hall–Kier alpha value is -1.36. The highest BCUT2D eigenvalue weighted by atomic mass is 127. The number of para-hydroxylation sites is 1. The Bertz CT molecular complexity index is 710. The van der Waals surface area contributed by atoms with Crippen molar-refractivity contribution in [3.05, 3.63) is 30.3 Å². The van der Waals surface area contributed by atoms with Crippen LogP contribution in [0.3, 0.4) is 0 Å². The van der Waals surface area contributed by atoms with Gasteiger partial charge in [-0.25, -0.2) is 8.42 Å². The number of nitrogens with one attached hydrogen (secondary N) is 2. The Morgan fingerprint density at radius 2 is 2.00 bits per heavy atom. The summed E-state index contributed by atoms with van der Waals surface area (Å²) in [5.74, 6) is 0.819. The lowest BCUT2D eigenvalue weighted by Gasteiger charge is -2.19. The maximum absolute atomic E-state index is 12.3. The molecule has 146 valence electrons. The number of sulfone groups is 1. The number of halogens is 1. The number of amides is 1. The Morgan fingerprint density at radius 3 is 2.62 bits per heavy atom. The van der Waals surface area contributed by atoms with Crippen LogP contribution >= 0.6 is 24.0 Å². The summed E-state index contributed by atoms with van der Waals surface area (Å²) in [4.78, 5) is 18.4. The van der Waals surface area contributed by atoms with E-state index in [0.717, 1.165) is 5.69 Å². The summed E-state index contributed by atoms with van der Waals surface area (Å²) < 4.78 is 22.3. The fraction of sp³-hybridized carbons (Fsp3) is 0.529. The van der Waals surface area contributed by atoms with E-state index in [4.69, 9.17) is 0 Å². The largest absolute Gasteiger partial charge is 0.357 e. The van der Waals surface area contributed by atoms with Gasteiger partial charge >= 0.3 is 0 Å². The smallest absolute Gasteiger partial charge is 0.229 e. The first-order valence-corrected chi connectivity index (χ1v) is 10.5. The summed E-state index contributed by atoms with van der Waals surface area (Å²) in [7, 11) is -2.96. The topological polar surface area (TPSA) is 90.9 Å². The fourth-order valence-corrected chi connectivity index (χ4v) is 3.35. The summed E-state index contributed by atoms with van der Waals surface area (Å²) in [6.45, 7) is 3.66. The zero-order valence-corrected chi connectivity index (χ0v) is 18.3. The number of hydrogen-bond donors (Lipinski definition) is 2. The minimum Gasteiger partial charge on any atom is -0.357 e. The van der Waals surface area contributed by atoms with Crippen molar-refractivity contribution in [1.82, 2.24) is 10.6 Å². The van der Waals surface area contributed by atoms with Gasteiger partial charge in [0, 0.05) is 38.0 Å². The van der Waals surface area contributed by atoms with E-state index in [1.54, 1.807) is 4.90 Å². The molecule has 1 saturated heterocycles. The van der Waals surface area contributed by atoms with Crippen molar-refractivity contribution in [2.45, 2.75) is 25.8 Å². The van der Waals surface area contributed by atoms with Crippen LogP contribution in [-0.2, 0) is 14.6 Å². The van der Waals surface area contributed by atoms with Gasteiger partial charge in [-0.05, 0) is 25.5 Å². The van der Waals surface area contributed by atoms with Crippen molar-refractivity contribution in [3.8, 4) is 0 Å². The van der Waals surface area contributed by atoms with Gasteiger partial charge in [-0.15, -0.1) is 24.0 Å². The van der Waals surface area contributed by atoms with Crippen molar-refractivity contribution < 1.29 is 13.2 Å². The molecule has 1 aromatic rings. The molecular weight excluding hydrogens is 467 g/mol. The zero-order chi connectivity index (χ0) is 18.3. The quantitative estimate of drug-likeness (QED) is 0.259. The Morgan fingerprint density at radius 1 is 1.31 bits per heavy atom. The fourth-order valence-electron chi connectivity index (χ4n) is 2.69. The number of nitrogens with zero attached hydrogens (tertiary/aromatic N) is 2. The Kier molecular flexibility index (Phi) is 9.34. The second-order valence-corrected chi connectivity index (χ2v) is 8.39. The van der Waals surface area contributed by atoms with Gasteiger partial charge in [0.15, 0.2) is 5.96 Å². The van der Waals surface area contributed by atoms with Crippen LogP contribution in [-0.4, -0.2) is 58.0 Å². The minimum atomic E-state index is -2.96. The van der Waals surface area contributed by atoms with Crippen molar-refractivity contribution in [2.75, 3.05) is 36.5 Å². The van der Waals surface area contributed by atoms with Crippen LogP contribution in [0.15, 0.2) is 35.3 Å². The molecule has 0 aliphatic carbocycles. The van der Waals surface area contributed by atoms with Gasteiger partial charge in [-0.2, -0.15) is 0 Å². The predicted molar refractivity (Wildman–Crippen MR) is 116 cm³/mol. The van der Waals surface area contributed by atoms with Gasteiger partial charge in [-0.1, -0.05) is 18.2 Å². The summed E-state index contributed by atoms with van der Waals surface area (Å²) in [6.07, 6.45) is 2.11. The monoisotopic (exact) mass is 494 g/mol. The molecule has 0 bridgehead atoms. The highest BCUT2D eigenvalue weighted by Gasteiger charge is 2.30. The molecule has 1 amide bonds. The van der Waals surface area contributed by atoms with E-state index >= 15 is 0 Å².